The van der Waals surface area contributed by atoms with Crippen LogP contribution in [0.3, 0.4) is 0 Å². The highest BCUT2D eigenvalue weighted by Gasteiger charge is 2.84. The molecule has 2 amide bonds. The number of methoxy groups -OCH3 is 2. The number of benzene rings is 2. The normalized spacial score (nSPS) is 12.3. The molecule has 40 heavy (non-hydrogen) atoms. The molecule has 20 heteroatoms. The number of nitrogens with one attached hydrogen (secondary N) is 2. The average Bonchev–Trinajstić information content (AvgIpc) is 2.88. The smallest absolute Gasteiger partial charge is 0.393 e. The molecular weight excluding hydrogens is 576 g/mol. The summed E-state index contributed by atoms with van der Waals surface area (Å²) >= 11 is 0. The molecule has 0 aromatic heterocycles. The van der Waals surface area contributed by atoms with E-state index < -0.39 is 68.1 Å². The molecule has 2 N–H and O–H groups in total. The predicted molar refractivity (Wildman–Crippen MR) is 116 cm³/mol. The van der Waals surface area contributed by atoms with Gasteiger partial charge in [0.15, 0.2) is 0 Å². The Balaban J connectivity index is 2.43. The van der Waals surface area contributed by atoms with E-state index >= 15 is 0 Å². The average molecular weight is 590 g/mol. The van der Waals surface area contributed by atoms with Crippen molar-refractivity contribution in [1.29, 1.82) is 0 Å². The van der Waals surface area contributed by atoms with Crippen molar-refractivity contribution in [3.05, 3.63) is 56.6 Å². The first-order valence-corrected chi connectivity index (χ1v) is 10.0. The first-order valence-electron chi connectivity index (χ1n) is 10.0. The summed E-state index contributed by atoms with van der Waals surface area (Å²) in [5.41, 5.74) is -4.93. The molecule has 0 spiro atoms. The second-order valence-electron chi connectivity index (χ2n) is 7.49. The van der Waals surface area contributed by atoms with E-state index in [1.165, 1.54) is 0 Å². The third kappa shape index (κ3) is 5.36. The molecule has 12 nitrogen and oxygen atoms in total. The van der Waals surface area contributed by atoms with Crippen LogP contribution in [0.1, 0.15) is 0 Å². The number of ether oxygens (including phenoxy) is 2. The van der Waals surface area contributed by atoms with Crippen molar-refractivity contribution < 1.29 is 64.0 Å². The lowest BCUT2D eigenvalue weighted by Gasteiger charge is -2.35. The number of amides is 2. The fourth-order valence-electron chi connectivity index (χ4n) is 2.87. The second kappa shape index (κ2) is 10.8. The van der Waals surface area contributed by atoms with E-state index in [9.17, 15) is 64.9 Å². The van der Waals surface area contributed by atoms with E-state index in [0.29, 0.717) is 24.3 Å². The van der Waals surface area contributed by atoms with Crippen molar-refractivity contribution in [3.8, 4) is 11.5 Å². The zero-order valence-corrected chi connectivity index (χ0v) is 19.6. The van der Waals surface area contributed by atoms with Gasteiger partial charge in [-0.3, -0.25) is 29.8 Å². The topological polar surface area (TPSA) is 163 Å². The van der Waals surface area contributed by atoms with Crippen LogP contribution >= 0.6 is 0 Å². The van der Waals surface area contributed by atoms with Crippen LogP contribution in [0, 0.1) is 20.2 Å². The Morgan fingerprint density at radius 3 is 1.23 bits per heavy atom. The number of nitrogens with zero attached hydrogens (tertiary/aromatic N) is 2. The van der Waals surface area contributed by atoms with E-state index in [1.54, 1.807) is 0 Å². The van der Waals surface area contributed by atoms with Crippen molar-refractivity contribution in [2.75, 3.05) is 24.9 Å². The number of nitro benzene ring substituents is 2. The van der Waals surface area contributed by atoms with Gasteiger partial charge in [0.25, 0.3) is 11.4 Å². The molecule has 2 aromatic rings. The highest BCUT2D eigenvalue weighted by Crippen LogP contribution is 2.53. The van der Waals surface area contributed by atoms with Crippen LogP contribution in [-0.2, 0) is 9.59 Å². The maximum Gasteiger partial charge on any atom is 0.393 e. The van der Waals surface area contributed by atoms with Gasteiger partial charge in [-0.2, -0.15) is 35.1 Å². The molecule has 0 radical (unpaired) electrons. The van der Waals surface area contributed by atoms with Gasteiger partial charge in [0.05, 0.1) is 36.2 Å². The van der Waals surface area contributed by atoms with E-state index in [2.05, 4.69) is 9.47 Å². The molecule has 0 aliphatic rings. The number of halogens is 8. The fourth-order valence-corrected chi connectivity index (χ4v) is 2.87. The van der Waals surface area contributed by atoms with Crippen LogP contribution in [0.25, 0.3) is 0 Å². The zero-order chi connectivity index (χ0) is 30.8. The van der Waals surface area contributed by atoms with Gasteiger partial charge in [-0.05, 0) is 24.3 Å². The molecule has 2 aromatic carbocycles. The Hall–Kier alpha value is -4.78. The Labute approximate surface area is 216 Å². The van der Waals surface area contributed by atoms with Crippen LogP contribution in [-0.4, -0.2) is 59.6 Å². The summed E-state index contributed by atoms with van der Waals surface area (Å²) < 4.78 is 124. The van der Waals surface area contributed by atoms with Crippen molar-refractivity contribution in [2.24, 2.45) is 0 Å². The van der Waals surface area contributed by atoms with Crippen LogP contribution in [0.4, 0.5) is 57.9 Å². The molecular formula is C20H14F8N4O8. The SMILES string of the molecule is COc1ccc(NC(=O)C(F)(F)C(F)(F)C(F)(F)C(F)(F)C(=O)Nc2ccc(OC)cc2[N+](=O)[O-])c([N+](=O)[O-])c1. The lowest BCUT2D eigenvalue weighted by Crippen LogP contribution is -2.67. The van der Waals surface area contributed by atoms with E-state index in [0.717, 1.165) is 37.0 Å². The molecule has 0 saturated carbocycles. The molecule has 0 fully saturated rings. The number of hydrogen-bond acceptors (Lipinski definition) is 8. The molecule has 0 aliphatic carbocycles. The number of carbonyl (C=O) groups excluding carboxylic acids is 2. The Bertz CT molecular complexity index is 1250. The first kappa shape index (κ1) is 31.4. The number of hydrogen-bond donors (Lipinski definition) is 2. The Kier molecular flexibility index (Phi) is 8.46. The standard InChI is InChI=1S/C20H14F8N4O8/c1-39-9-3-5-11(13(7-9)31(35)36)29-15(33)17(21,22)19(25,26)20(27,28)18(23,24)16(34)30-12-6-4-10(40-2)8-14(12)32(37)38/h3-8H,1-2H3,(H,29,33)(H,30,34). The quantitative estimate of drug-likeness (QED) is 0.217. The molecule has 0 heterocycles. The molecule has 0 unspecified atom stereocenters. The monoisotopic (exact) mass is 590 g/mol. The largest absolute Gasteiger partial charge is 0.496 e. The first-order chi connectivity index (χ1) is 18.3. The van der Waals surface area contributed by atoms with Crippen molar-refractivity contribution in [1.82, 2.24) is 0 Å². The summed E-state index contributed by atoms with van der Waals surface area (Å²) in [6, 6.07) is 3.65. The van der Waals surface area contributed by atoms with E-state index in [1.807, 2.05) is 0 Å². The van der Waals surface area contributed by atoms with Gasteiger partial charge in [0.2, 0.25) is 0 Å². The van der Waals surface area contributed by atoms with Gasteiger partial charge in [-0.25, -0.2) is 0 Å². The summed E-state index contributed by atoms with van der Waals surface area (Å²) in [7, 11) is 2.02. The number of rotatable bonds is 11. The van der Waals surface area contributed by atoms with Crippen molar-refractivity contribution >= 4 is 34.6 Å². The minimum Gasteiger partial charge on any atom is -0.496 e. The molecule has 2 rings (SSSR count). The van der Waals surface area contributed by atoms with Gasteiger partial charge in [0, 0.05) is 0 Å². The van der Waals surface area contributed by atoms with Crippen molar-refractivity contribution in [3.63, 3.8) is 0 Å². The van der Waals surface area contributed by atoms with Gasteiger partial charge >= 0.3 is 35.5 Å². The minimum atomic E-state index is -7.32. The number of alkyl halides is 8. The summed E-state index contributed by atoms with van der Waals surface area (Å²) in [5, 5.41) is 23.9. The van der Waals surface area contributed by atoms with Crippen LogP contribution in [0.15, 0.2) is 36.4 Å². The maximum absolute atomic E-state index is 14.3. The van der Waals surface area contributed by atoms with Crippen LogP contribution < -0.4 is 20.1 Å². The van der Waals surface area contributed by atoms with Gasteiger partial charge in [0.1, 0.15) is 22.9 Å². The Morgan fingerprint density at radius 2 is 0.975 bits per heavy atom. The third-order valence-corrected chi connectivity index (χ3v) is 5.05. The highest BCUT2D eigenvalue weighted by atomic mass is 19.4. The maximum atomic E-state index is 14.3. The minimum absolute atomic E-state index is 0.281. The summed E-state index contributed by atoms with van der Waals surface area (Å²) in [4.78, 5) is 43.3. The van der Waals surface area contributed by atoms with E-state index in [-0.39, 0.29) is 11.5 Å². The Morgan fingerprint density at radius 1 is 0.675 bits per heavy atom. The lowest BCUT2D eigenvalue weighted by molar-refractivity contribution is -0.384. The molecule has 0 atom stereocenters. The zero-order valence-electron chi connectivity index (χ0n) is 19.6. The number of anilines is 2. The van der Waals surface area contributed by atoms with Gasteiger partial charge in [-0.1, -0.05) is 0 Å². The molecule has 0 aliphatic heterocycles. The lowest BCUT2D eigenvalue weighted by atomic mass is 9.97. The van der Waals surface area contributed by atoms with Gasteiger partial charge < -0.3 is 20.1 Å². The summed E-state index contributed by atoms with van der Waals surface area (Å²) in [5.74, 6) is -35.4. The second-order valence-corrected chi connectivity index (χ2v) is 7.49. The summed E-state index contributed by atoms with van der Waals surface area (Å²) in [6.45, 7) is 0. The summed E-state index contributed by atoms with van der Waals surface area (Å²) in [6.07, 6.45) is 0. The molecule has 218 valence electrons. The highest BCUT2D eigenvalue weighted by molar-refractivity contribution is 6.01. The molecule has 0 bridgehead atoms. The predicted octanol–water partition coefficient (Wildman–Crippen LogP) is 4.64. The molecule has 0 saturated heterocycles. The van der Waals surface area contributed by atoms with Crippen LogP contribution in [0.2, 0.25) is 0 Å². The van der Waals surface area contributed by atoms with E-state index in [4.69, 9.17) is 0 Å². The fraction of sp³-hybridized carbons (Fsp3) is 0.300. The number of carbonyl (C=O) groups is 2. The van der Waals surface area contributed by atoms with Crippen LogP contribution in [0.5, 0.6) is 11.5 Å². The van der Waals surface area contributed by atoms with Gasteiger partial charge in [-0.15, -0.1) is 0 Å². The number of nitro groups is 2. The van der Waals surface area contributed by atoms with Crippen molar-refractivity contribution in [2.45, 2.75) is 23.7 Å². The third-order valence-electron chi connectivity index (χ3n) is 5.05.